The van der Waals surface area contributed by atoms with Gasteiger partial charge in [0.25, 0.3) is 0 Å². The first-order valence-electron chi connectivity index (χ1n) is 8.50. The first-order chi connectivity index (χ1) is 13.3. The number of para-hydroxylation sites is 2. The molecule has 0 saturated heterocycles. The van der Waals surface area contributed by atoms with Gasteiger partial charge in [-0.1, -0.05) is 24.3 Å². The van der Waals surface area contributed by atoms with Crippen LogP contribution in [0.15, 0.2) is 54.9 Å². The first kappa shape index (κ1) is 15.3. The van der Waals surface area contributed by atoms with Crippen molar-refractivity contribution >= 4 is 33.7 Å². The van der Waals surface area contributed by atoms with Crippen molar-refractivity contribution in [1.82, 2.24) is 29.9 Å². The number of imidazole rings is 2. The van der Waals surface area contributed by atoms with Crippen LogP contribution in [0.4, 0.5) is 11.5 Å². The Morgan fingerprint density at radius 1 is 0.963 bits per heavy atom. The summed E-state index contributed by atoms with van der Waals surface area (Å²) < 4.78 is 0. The van der Waals surface area contributed by atoms with E-state index in [9.17, 15) is 0 Å². The third kappa shape index (κ3) is 2.82. The van der Waals surface area contributed by atoms with Crippen molar-refractivity contribution in [3.8, 4) is 11.4 Å². The van der Waals surface area contributed by atoms with E-state index in [0.29, 0.717) is 29.5 Å². The summed E-state index contributed by atoms with van der Waals surface area (Å²) in [6, 6.07) is 15.5. The van der Waals surface area contributed by atoms with Crippen LogP contribution >= 0.6 is 0 Å². The summed E-state index contributed by atoms with van der Waals surface area (Å²) in [6.07, 6.45) is 1.49. The Morgan fingerprint density at radius 3 is 2.78 bits per heavy atom. The minimum absolute atomic E-state index is 0.507. The number of nitrogens with zero attached hydrogens (tertiary/aromatic N) is 4. The van der Waals surface area contributed by atoms with E-state index in [-0.39, 0.29) is 0 Å². The fraction of sp³-hybridized carbons (Fsp3) is 0.0526. The summed E-state index contributed by atoms with van der Waals surface area (Å²) in [5.74, 6) is 2.20. The highest BCUT2D eigenvalue weighted by Gasteiger charge is 2.12. The van der Waals surface area contributed by atoms with Crippen LogP contribution in [-0.4, -0.2) is 29.9 Å². The maximum atomic E-state index is 5.87. The molecular weight excluding hydrogens is 340 g/mol. The zero-order chi connectivity index (χ0) is 18.2. The smallest absolute Gasteiger partial charge is 0.183 e. The SMILES string of the molecule is Nc1cccc(-c2nc3ncnc(NCc4nc5ccccc5[nH]4)c3[nH]2)c1. The number of anilines is 2. The molecule has 0 aliphatic rings. The van der Waals surface area contributed by atoms with Gasteiger partial charge in [0.2, 0.25) is 0 Å². The van der Waals surface area contributed by atoms with Crippen molar-refractivity contribution < 1.29 is 0 Å². The number of nitrogen functional groups attached to an aromatic ring is 1. The van der Waals surface area contributed by atoms with Crippen LogP contribution in [0.5, 0.6) is 0 Å². The summed E-state index contributed by atoms with van der Waals surface area (Å²) in [6.45, 7) is 0.507. The zero-order valence-corrected chi connectivity index (χ0v) is 14.3. The van der Waals surface area contributed by atoms with Crippen LogP contribution < -0.4 is 11.1 Å². The third-order valence-electron chi connectivity index (χ3n) is 4.31. The van der Waals surface area contributed by atoms with Gasteiger partial charge in [-0.15, -0.1) is 0 Å². The maximum Gasteiger partial charge on any atom is 0.183 e. The largest absolute Gasteiger partial charge is 0.399 e. The lowest BCUT2D eigenvalue weighted by Crippen LogP contribution is -2.04. The summed E-state index contributed by atoms with van der Waals surface area (Å²) >= 11 is 0. The van der Waals surface area contributed by atoms with E-state index >= 15 is 0 Å². The molecule has 3 heterocycles. The highest BCUT2D eigenvalue weighted by Crippen LogP contribution is 2.24. The molecule has 3 aromatic heterocycles. The van der Waals surface area contributed by atoms with Crippen molar-refractivity contribution in [2.45, 2.75) is 6.54 Å². The lowest BCUT2D eigenvalue weighted by molar-refractivity contribution is 0.996. The molecule has 132 valence electrons. The van der Waals surface area contributed by atoms with Crippen LogP contribution in [0.3, 0.4) is 0 Å². The number of fused-ring (bicyclic) bond motifs is 2. The Labute approximate surface area is 153 Å². The van der Waals surface area contributed by atoms with Gasteiger partial charge in [-0.2, -0.15) is 0 Å². The molecule has 5 rings (SSSR count). The normalized spacial score (nSPS) is 11.3. The predicted octanol–water partition coefficient (Wildman–Crippen LogP) is 3.09. The number of hydrogen-bond acceptors (Lipinski definition) is 6. The Bertz CT molecular complexity index is 1220. The van der Waals surface area contributed by atoms with Gasteiger partial charge < -0.3 is 21.0 Å². The Hall–Kier alpha value is -3.94. The molecule has 8 heteroatoms. The second kappa shape index (κ2) is 6.10. The van der Waals surface area contributed by atoms with E-state index in [4.69, 9.17) is 5.73 Å². The number of H-pyrrole nitrogens is 2. The molecule has 27 heavy (non-hydrogen) atoms. The van der Waals surface area contributed by atoms with Crippen LogP contribution in [-0.2, 0) is 6.54 Å². The van der Waals surface area contributed by atoms with E-state index in [0.717, 1.165) is 27.9 Å². The van der Waals surface area contributed by atoms with Crippen molar-refractivity contribution in [1.29, 1.82) is 0 Å². The molecule has 5 aromatic rings. The monoisotopic (exact) mass is 356 g/mol. The second-order valence-corrected chi connectivity index (χ2v) is 6.19. The maximum absolute atomic E-state index is 5.87. The number of nitrogens with one attached hydrogen (secondary N) is 3. The molecule has 0 fully saturated rings. The van der Waals surface area contributed by atoms with Gasteiger partial charge in [0.15, 0.2) is 11.5 Å². The van der Waals surface area contributed by atoms with Crippen LogP contribution in [0.1, 0.15) is 5.82 Å². The minimum Gasteiger partial charge on any atom is -0.399 e. The summed E-state index contributed by atoms with van der Waals surface area (Å²) in [5.41, 5.74) is 10.7. The van der Waals surface area contributed by atoms with Gasteiger partial charge in [-0.25, -0.2) is 19.9 Å². The van der Waals surface area contributed by atoms with Gasteiger partial charge in [0.1, 0.15) is 23.5 Å². The Kier molecular flexibility index (Phi) is 3.46. The van der Waals surface area contributed by atoms with E-state index in [1.54, 1.807) is 0 Å². The number of aromatic nitrogens is 6. The molecule has 0 aliphatic heterocycles. The molecule has 0 saturated carbocycles. The zero-order valence-electron chi connectivity index (χ0n) is 14.3. The van der Waals surface area contributed by atoms with Crippen molar-refractivity contribution in [3.63, 3.8) is 0 Å². The molecular formula is C19H16N8. The minimum atomic E-state index is 0.507. The lowest BCUT2D eigenvalue weighted by Gasteiger charge is -2.03. The molecule has 0 bridgehead atoms. The summed E-state index contributed by atoms with van der Waals surface area (Å²) in [4.78, 5) is 24.3. The van der Waals surface area contributed by atoms with Crippen molar-refractivity contribution in [2.24, 2.45) is 0 Å². The molecule has 0 aliphatic carbocycles. The quantitative estimate of drug-likeness (QED) is 0.367. The Balaban J connectivity index is 1.46. The van der Waals surface area contributed by atoms with E-state index in [1.165, 1.54) is 6.33 Å². The number of nitrogens with two attached hydrogens (primary N) is 1. The van der Waals surface area contributed by atoms with Gasteiger partial charge in [0.05, 0.1) is 17.6 Å². The molecule has 0 spiro atoms. The number of benzene rings is 2. The standard InChI is InChI=1S/C19H16N8/c20-12-5-3-4-11(8-12)17-26-16-18(22-10-23-19(16)27-17)21-9-15-24-13-6-1-2-7-14(13)25-15/h1-8,10H,9,20H2,(H,24,25)(H2,21,22,23,26,27). The highest BCUT2D eigenvalue weighted by molar-refractivity contribution is 5.85. The fourth-order valence-corrected chi connectivity index (χ4v) is 3.04. The average Bonchev–Trinajstić information content (AvgIpc) is 3.30. The third-order valence-corrected chi connectivity index (χ3v) is 4.31. The van der Waals surface area contributed by atoms with Crippen LogP contribution in [0.2, 0.25) is 0 Å². The molecule has 0 radical (unpaired) electrons. The molecule has 0 atom stereocenters. The highest BCUT2D eigenvalue weighted by atomic mass is 15.1. The molecule has 0 amide bonds. The van der Waals surface area contributed by atoms with Gasteiger partial charge in [-0.05, 0) is 24.3 Å². The summed E-state index contributed by atoms with van der Waals surface area (Å²) in [7, 11) is 0. The Morgan fingerprint density at radius 2 is 1.89 bits per heavy atom. The van der Waals surface area contributed by atoms with Crippen molar-refractivity contribution in [3.05, 3.63) is 60.7 Å². The lowest BCUT2D eigenvalue weighted by atomic mass is 10.2. The van der Waals surface area contributed by atoms with E-state index in [2.05, 4.69) is 35.2 Å². The summed E-state index contributed by atoms with van der Waals surface area (Å²) in [5, 5.41) is 3.30. The molecule has 8 nitrogen and oxygen atoms in total. The number of hydrogen-bond donors (Lipinski definition) is 4. The van der Waals surface area contributed by atoms with Gasteiger partial charge in [-0.3, -0.25) is 0 Å². The van der Waals surface area contributed by atoms with Crippen LogP contribution in [0.25, 0.3) is 33.6 Å². The van der Waals surface area contributed by atoms with Crippen molar-refractivity contribution in [2.75, 3.05) is 11.1 Å². The van der Waals surface area contributed by atoms with Crippen LogP contribution in [0, 0.1) is 0 Å². The second-order valence-electron chi connectivity index (χ2n) is 6.19. The predicted molar refractivity (Wildman–Crippen MR) is 105 cm³/mol. The molecule has 0 unspecified atom stereocenters. The first-order valence-corrected chi connectivity index (χ1v) is 8.50. The molecule has 2 aromatic carbocycles. The number of aromatic amines is 2. The fourth-order valence-electron chi connectivity index (χ4n) is 3.04. The van der Waals surface area contributed by atoms with Gasteiger partial charge in [0, 0.05) is 11.3 Å². The molecule has 5 N–H and O–H groups in total. The topological polar surface area (TPSA) is 121 Å². The van der Waals surface area contributed by atoms with E-state index < -0.39 is 0 Å². The van der Waals surface area contributed by atoms with Gasteiger partial charge >= 0.3 is 0 Å². The number of rotatable bonds is 4. The van der Waals surface area contributed by atoms with E-state index in [1.807, 2.05) is 48.5 Å². The average molecular weight is 356 g/mol.